The maximum Gasteiger partial charge on any atom is 0.418 e. The average molecular weight is 344 g/mol. The quantitative estimate of drug-likeness (QED) is 0.606. The molecule has 1 aromatic rings. The summed E-state index contributed by atoms with van der Waals surface area (Å²) in [5, 5.41) is 0. The fourth-order valence-electron chi connectivity index (χ4n) is 1.27. The molecule has 1 rings (SSSR count). The van der Waals surface area contributed by atoms with E-state index in [9.17, 15) is 18.0 Å². The third-order valence-electron chi connectivity index (χ3n) is 1.96. The average Bonchev–Trinajstić information content (AvgIpc) is 2.14. The van der Waals surface area contributed by atoms with Crippen molar-refractivity contribution in [1.82, 2.24) is 0 Å². The van der Waals surface area contributed by atoms with Crippen LogP contribution < -0.4 is 4.74 Å². The molecule has 0 radical (unpaired) electrons. The largest absolute Gasteiger partial charge is 0.497 e. The van der Waals surface area contributed by atoms with Gasteiger partial charge >= 0.3 is 6.18 Å². The van der Waals surface area contributed by atoms with Crippen LogP contribution in [0.25, 0.3) is 0 Å². The van der Waals surface area contributed by atoms with Gasteiger partial charge in [-0.1, -0.05) is 0 Å². The summed E-state index contributed by atoms with van der Waals surface area (Å²) >= 11 is 1.54. The van der Waals surface area contributed by atoms with Gasteiger partial charge in [0.15, 0.2) is 5.78 Å². The lowest BCUT2D eigenvalue weighted by molar-refractivity contribution is -0.138. The molecule has 0 aliphatic carbocycles. The zero-order valence-electron chi connectivity index (χ0n) is 8.48. The molecule has 2 nitrogen and oxygen atoms in total. The predicted molar refractivity (Wildman–Crippen MR) is 60.7 cm³/mol. The molecule has 6 heteroatoms. The van der Waals surface area contributed by atoms with E-state index < -0.39 is 17.5 Å². The van der Waals surface area contributed by atoms with Crippen molar-refractivity contribution < 1.29 is 22.7 Å². The van der Waals surface area contributed by atoms with E-state index in [4.69, 9.17) is 4.74 Å². The highest BCUT2D eigenvalue weighted by molar-refractivity contribution is 14.1. The van der Waals surface area contributed by atoms with E-state index in [0.29, 0.717) is 0 Å². The third-order valence-corrected chi connectivity index (χ3v) is 2.81. The Morgan fingerprint density at radius 3 is 2.31 bits per heavy atom. The van der Waals surface area contributed by atoms with Crippen LogP contribution in [0.5, 0.6) is 5.75 Å². The van der Waals surface area contributed by atoms with Crippen LogP contribution in [0.3, 0.4) is 0 Å². The van der Waals surface area contributed by atoms with E-state index in [2.05, 4.69) is 0 Å². The van der Waals surface area contributed by atoms with E-state index in [1.807, 2.05) is 0 Å². The second kappa shape index (κ2) is 4.60. The molecule has 0 atom stereocenters. The molecule has 0 aromatic heterocycles. The first-order valence-electron chi connectivity index (χ1n) is 4.23. The second-order valence-corrected chi connectivity index (χ2v) is 4.25. The Hall–Kier alpha value is -0.790. The zero-order valence-corrected chi connectivity index (χ0v) is 10.6. The number of rotatable bonds is 2. The van der Waals surface area contributed by atoms with Crippen molar-refractivity contribution in [3.05, 3.63) is 26.8 Å². The van der Waals surface area contributed by atoms with Crippen molar-refractivity contribution in [2.24, 2.45) is 0 Å². The maximum atomic E-state index is 12.7. The van der Waals surface area contributed by atoms with Crippen molar-refractivity contribution in [2.45, 2.75) is 13.1 Å². The number of carbonyl (C=O) groups excluding carboxylic acids is 1. The summed E-state index contributed by atoms with van der Waals surface area (Å²) < 4.78 is 42.9. The van der Waals surface area contributed by atoms with E-state index in [1.54, 1.807) is 22.6 Å². The number of Topliss-reactive ketones (excluding diaryl/α,β-unsaturated/α-hetero) is 1. The molecule has 0 amide bonds. The van der Waals surface area contributed by atoms with Gasteiger partial charge in [-0.05, 0) is 41.6 Å². The molecule has 0 bridgehead atoms. The highest BCUT2D eigenvalue weighted by Crippen LogP contribution is 2.37. The fraction of sp³-hybridized carbons (Fsp3) is 0.300. The van der Waals surface area contributed by atoms with E-state index in [-0.39, 0.29) is 14.9 Å². The second-order valence-electron chi connectivity index (χ2n) is 3.09. The topological polar surface area (TPSA) is 26.3 Å². The van der Waals surface area contributed by atoms with Gasteiger partial charge in [-0.3, -0.25) is 4.79 Å². The van der Waals surface area contributed by atoms with Gasteiger partial charge in [0.2, 0.25) is 0 Å². The summed E-state index contributed by atoms with van der Waals surface area (Å²) in [6, 6.07) is 2.35. The highest BCUT2D eigenvalue weighted by atomic mass is 127. The standard InChI is InChI=1S/C10H8F3IO2/c1-5(15)7-3-6(16-2)4-8(14)9(7)10(11,12)13/h3-4H,1-2H3. The van der Waals surface area contributed by atoms with E-state index >= 15 is 0 Å². The predicted octanol–water partition coefficient (Wildman–Crippen LogP) is 3.52. The van der Waals surface area contributed by atoms with Crippen LogP contribution in [-0.2, 0) is 6.18 Å². The van der Waals surface area contributed by atoms with Crippen molar-refractivity contribution in [1.29, 1.82) is 0 Å². The minimum Gasteiger partial charge on any atom is -0.497 e. The summed E-state index contributed by atoms with van der Waals surface area (Å²) in [4.78, 5) is 11.2. The van der Waals surface area contributed by atoms with Crippen molar-refractivity contribution >= 4 is 28.4 Å². The lowest BCUT2D eigenvalue weighted by Crippen LogP contribution is -2.14. The third kappa shape index (κ3) is 2.66. The molecule has 88 valence electrons. The Morgan fingerprint density at radius 1 is 1.38 bits per heavy atom. The molecule has 0 saturated heterocycles. The molecule has 0 N–H and O–H groups in total. The Kier molecular flexibility index (Phi) is 3.82. The SMILES string of the molecule is COc1cc(I)c(C(F)(F)F)c(C(C)=O)c1. The van der Waals surface area contributed by atoms with Crippen LogP contribution in [0, 0.1) is 3.57 Å². The Morgan fingerprint density at radius 2 is 1.94 bits per heavy atom. The maximum absolute atomic E-state index is 12.7. The number of benzene rings is 1. The minimum atomic E-state index is -4.54. The lowest BCUT2D eigenvalue weighted by Gasteiger charge is -2.14. The number of carbonyl (C=O) groups is 1. The Labute approximate surface area is 104 Å². The van der Waals surface area contributed by atoms with Crippen molar-refractivity contribution in [2.75, 3.05) is 7.11 Å². The minimum absolute atomic E-state index is 0.0466. The van der Waals surface area contributed by atoms with E-state index in [0.717, 1.165) is 13.0 Å². The smallest absolute Gasteiger partial charge is 0.418 e. The van der Waals surface area contributed by atoms with Gasteiger partial charge < -0.3 is 4.74 Å². The first-order chi connectivity index (χ1) is 7.27. The Balaban J connectivity index is 3.53. The van der Waals surface area contributed by atoms with E-state index in [1.165, 1.54) is 13.2 Å². The number of ether oxygens (including phenoxy) is 1. The van der Waals surface area contributed by atoms with Crippen LogP contribution in [0.2, 0.25) is 0 Å². The monoisotopic (exact) mass is 344 g/mol. The number of halogens is 4. The molecule has 0 aliphatic heterocycles. The molecule has 0 saturated carbocycles. The number of methoxy groups -OCH3 is 1. The molecule has 0 spiro atoms. The molecule has 16 heavy (non-hydrogen) atoms. The number of hydrogen-bond acceptors (Lipinski definition) is 2. The van der Waals surface area contributed by atoms with Gasteiger partial charge in [0.25, 0.3) is 0 Å². The zero-order chi connectivity index (χ0) is 12.5. The number of ketones is 1. The summed E-state index contributed by atoms with van der Waals surface area (Å²) in [6.07, 6.45) is -4.54. The molecule has 0 heterocycles. The summed E-state index contributed by atoms with van der Waals surface area (Å²) in [6.45, 7) is 1.10. The molecule has 0 unspecified atom stereocenters. The summed E-state index contributed by atoms with van der Waals surface area (Å²) in [5.74, 6) is -0.397. The van der Waals surface area contributed by atoms with Gasteiger partial charge in [0, 0.05) is 9.13 Å². The molecular weight excluding hydrogens is 336 g/mol. The van der Waals surface area contributed by atoms with Crippen molar-refractivity contribution in [3.8, 4) is 5.75 Å². The van der Waals surface area contributed by atoms with Gasteiger partial charge in [0.1, 0.15) is 5.75 Å². The lowest BCUT2D eigenvalue weighted by atomic mass is 10.0. The van der Waals surface area contributed by atoms with Crippen LogP contribution in [0.4, 0.5) is 13.2 Å². The molecule has 0 fully saturated rings. The molecule has 0 aliphatic rings. The van der Waals surface area contributed by atoms with Gasteiger partial charge in [-0.25, -0.2) is 0 Å². The van der Waals surface area contributed by atoms with Crippen LogP contribution in [0.15, 0.2) is 12.1 Å². The number of hydrogen-bond donors (Lipinski definition) is 0. The van der Waals surface area contributed by atoms with Crippen LogP contribution in [0.1, 0.15) is 22.8 Å². The van der Waals surface area contributed by atoms with Crippen LogP contribution >= 0.6 is 22.6 Å². The summed E-state index contributed by atoms with van der Waals surface area (Å²) in [7, 11) is 1.34. The van der Waals surface area contributed by atoms with Gasteiger partial charge in [-0.15, -0.1) is 0 Å². The molecule has 1 aromatic carbocycles. The molecular formula is C10H8F3IO2. The van der Waals surface area contributed by atoms with Gasteiger partial charge in [-0.2, -0.15) is 13.2 Å². The fourth-order valence-corrected chi connectivity index (χ4v) is 2.17. The first-order valence-corrected chi connectivity index (χ1v) is 5.31. The normalized spacial score (nSPS) is 11.4. The van der Waals surface area contributed by atoms with Crippen LogP contribution in [-0.4, -0.2) is 12.9 Å². The van der Waals surface area contributed by atoms with Gasteiger partial charge in [0.05, 0.1) is 12.7 Å². The first kappa shape index (κ1) is 13.3. The highest BCUT2D eigenvalue weighted by Gasteiger charge is 2.37. The Bertz CT molecular complexity index is 427. The number of alkyl halides is 3. The van der Waals surface area contributed by atoms with Crippen molar-refractivity contribution in [3.63, 3.8) is 0 Å². The summed E-state index contributed by atoms with van der Waals surface area (Å²) in [5.41, 5.74) is -1.27.